The second-order valence-electron chi connectivity index (χ2n) is 7.63. The number of rotatable bonds is 6. The Morgan fingerprint density at radius 2 is 1.97 bits per heavy atom. The molecule has 0 radical (unpaired) electrons. The second-order valence-corrected chi connectivity index (χ2v) is 7.63. The van der Waals surface area contributed by atoms with Crippen molar-refractivity contribution in [2.24, 2.45) is 11.8 Å². The molecule has 0 aromatic carbocycles. The summed E-state index contributed by atoms with van der Waals surface area (Å²) in [4.78, 5) is 31.5. The third-order valence-corrected chi connectivity index (χ3v) is 5.75. The summed E-state index contributed by atoms with van der Waals surface area (Å²) in [6, 6.07) is -0.705. The first-order valence-corrected chi connectivity index (χ1v) is 9.97. The molecular weight excluding hydrogens is 374 g/mol. The molecule has 0 aliphatic carbocycles. The molecule has 2 atom stereocenters. The van der Waals surface area contributed by atoms with Crippen LogP contribution in [0.2, 0.25) is 0 Å². The van der Waals surface area contributed by atoms with Gasteiger partial charge in [0, 0.05) is 19.1 Å². The van der Waals surface area contributed by atoms with Gasteiger partial charge in [0.15, 0.2) is 5.82 Å². The maximum atomic E-state index is 13.6. The Morgan fingerprint density at radius 1 is 1.28 bits per heavy atom. The van der Waals surface area contributed by atoms with Crippen LogP contribution in [0, 0.1) is 11.8 Å². The lowest BCUT2D eigenvalue weighted by Crippen LogP contribution is -2.62. The SMILES string of the molecule is CCC(CC)[C@@]1(OC)NC(=O)[C@H](C(C)C)n2c1nc1c(c2=O)C=C(OC)C=CO1. The number of hydrogen-bond acceptors (Lipinski definition) is 6. The quantitative estimate of drug-likeness (QED) is 0.785. The lowest BCUT2D eigenvalue weighted by Gasteiger charge is -2.45. The monoisotopic (exact) mass is 403 g/mol. The first-order chi connectivity index (χ1) is 13.8. The Morgan fingerprint density at radius 3 is 2.52 bits per heavy atom. The van der Waals surface area contributed by atoms with Crippen molar-refractivity contribution in [3.05, 3.63) is 39.8 Å². The van der Waals surface area contributed by atoms with Crippen LogP contribution >= 0.6 is 0 Å². The van der Waals surface area contributed by atoms with Crippen LogP contribution in [0.15, 0.2) is 22.9 Å². The smallest absolute Gasteiger partial charge is 0.265 e. The summed E-state index contributed by atoms with van der Waals surface area (Å²) < 4.78 is 18.3. The second kappa shape index (κ2) is 8.02. The molecule has 8 heteroatoms. The van der Waals surface area contributed by atoms with E-state index in [1.54, 1.807) is 12.2 Å². The van der Waals surface area contributed by atoms with Gasteiger partial charge in [0.2, 0.25) is 17.5 Å². The molecule has 3 rings (SSSR count). The van der Waals surface area contributed by atoms with E-state index >= 15 is 0 Å². The number of amides is 1. The molecule has 2 aliphatic rings. The largest absolute Gasteiger partial charge is 0.497 e. The van der Waals surface area contributed by atoms with Gasteiger partial charge < -0.3 is 19.5 Å². The highest BCUT2D eigenvalue weighted by molar-refractivity contribution is 5.83. The number of ether oxygens (including phenoxy) is 3. The lowest BCUT2D eigenvalue weighted by molar-refractivity contribution is -0.156. The number of nitrogens with one attached hydrogen (secondary N) is 1. The Hall–Kier alpha value is -2.61. The molecule has 3 heterocycles. The van der Waals surface area contributed by atoms with E-state index in [9.17, 15) is 9.59 Å². The highest BCUT2D eigenvalue weighted by atomic mass is 16.5. The Kier molecular flexibility index (Phi) is 5.84. The van der Waals surface area contributed by atoms with Crippen LogP contribution in [0.5, 0.6) is 5.88 Å². The van der Waals surface area contributed by atoms with Gasteiger partial charge >= 0.3 is 0 Å². The molecule has 8 nitrogen and oxygen atoms in total. The summed E-state index contributed by atoms with van der Waals surface area (Å²) >= 11 is 0. The third-order valence-electron chi connectivity index (χ3n) is 5.75. The van der Waals surface area contributed by atoms with E-state index in [1.807, 2.05) is 27.7 Å². The summed E-state index contributed by atoms with van der Waals surface area (Å²) in [5.41, 5.74) is -1.33. The topological polar surface area (TPSA) is 91.7 Å². The van der Waals surface area contributed by atoms with Crippen LogP contribution in [0.3, 0.4) is 0 Å². The molecule has 2 aliphatic heterocycles. The van der Waals surface area contributed by atoms with Gasteiger partial charge in [-0.25, -0.2) is 0 Å². The Balaban J connectivity index is 2.40. The van der Waals surface area contributed by atoms with Gasteiger partial charge in [-0.15, -0.1) is 0 Å². The summed E-state index contributed by atoms with van der Waals surface area (Å²) in [6.45, 7) is 7.85. The Labute approximate surface area is 170 Å². The van der Waals surface area contributed by atoms with Crippen molar-refractivity contribution in [2.75, 3.05) is 14.2 Å². The van der Waals surface area contributed by atoms with E-state index in [-0.39, 0.29) is 34.7 Å². The predicted molar refractivity (Wildman–Crippen MR) is 108 cm³/mol. The predicted octanol–water partition coefficient (Wildman–Crippen LogP) is 2.70. The molecule has 0 unspecified atom stereocenters. The van der Waals surface area contributed by atoms with Crippen molar-refractivity contribution in [3.8, 4) is 5.88 Å². The van der Waals surface area contributed by atoms with E-state index in [4.69, 9.17) is 19.2 Å². The number of aromatic nitrogens is 2. The highest BCUT2D eigenvalue weighted by Crippen LogP contribution is 2.40. The van der Waals surface area contributed by atoms with Crippen LogP contribution in [-0.4, -0.2) is 29.7 Å². The van der Waals surface area contributed by atoms with E-state index < -0.39 is 11.8 Å². The standard InChI is InChI=1S/C21H29N3O5/c1-7-13(8-2)21(28-6)20-22-18-15(11-14(27-5)9-10-29-18)19(26)24(20)16(12(3)4)17(25)23-21/h9-13,16H,7-8H2,1-6H3,(H,23,25)/t16-,21-/m0/s1. The van der Waals surface area contributed by atoms with Crippen LogP contribution in [-0.2, 0) is 20.0 Å². The number of fused-ring (bicyclic) bond motifs is 2. The third kappa shape index (κ3) is 3.25. The number of nitrogens with zero attached hydrogens (tertiary/aromatic N) is 2. The molecule has 1 N–H and O–H groups in total. The zero-order chi connectivity index (χ0) is 21.3. The van der Waals surface area contributed by atoms with E-state index in [0.29, 0.717) is 11.6 Å². The van der Waals surface area contributed by atoms with Gasteiger partial charge in [0.05, 0.1) is 13.4 Å². The number of carbonyl (C=O) groups excluding carboxylic acids is 1. The fourth-order valence-electron chi connectivity index (χ4n) is 4.23. The van der Waals surface area contributed by atoms with E-state index in [1.165, 1.54) is 25.0 Å². The van der Waals surface area contributed by atoms with Gasteiger partial charge in [-0.1, -0.05) is 27.7 Å². The maximum Gasteiger partial charge on any atom is 0.265 e. The van der Waals surface area contributed by atoms with E-state index in [0.717, 1.165) is 12.8 Å². The number of hydrogen-bond donors (Lipinski definition) is 1. The zero-order valence-electron chi connectivity index (χ0n) is 17.8. The molecular formula is C21H29N3O5. The van der Waals surface area contributed by atoms with Gasteiger partial charge in [-0.05, 0) is 24.8 Å². The number of carbonyl (C=O) groups is 1. The molecule has 0 saturated carbocycles. The molecule has 158 valence electrons. The summed E-state index contributed by atoms with van der Waals surface area (Å²) in [6.07, 6.45) is 6.09. The zero-order valence-corrected chi connectivity index (χ0v) is 17.8. The van der Waals surface area contributed by atoms with Gasteiger partial charge in [-0.2, -0.15) is 4.98 Å². The molecule has 0 spiro atoms. The summed E-state index contributed by atoms with van der Waals surface area (Å²) in [7, 11) is 3.04. The van der Waals surface area contributed by atoms with Crippen LogP contribution in [0.1, 0.15) is 58.0 Å². The Bertz CT molecular complexity index is 914. The molecule has 29 heavy (non-hydrogen) atoms. The normalized spacial score (nSPS) is 23.1. The van der Waals surface area contributed by atoms with Crippen molar-refractivity contribution in [1.82, 2.24) is 14.9 Å². The molecule has 0 fully saturated rings. The van der Waals surface area contributed by atoms with Gasteiger partial charge in [0.1, 0.15) is 17.4 Å². The minimum atomic E-state index is -1.21. The minimum Gasteiger partial charge on any atom is -0.497 e. The summed E-state index contributed by atoms with van der Waals surface area (Å²) in [5.74, 6) is 0.524. The van der Waals surface area contributed by atoms with Crippen molar-refractivity contribution in [3.63, 3.8) is 0 Å². The van der Waals surface area contributed by atoms with Gasteiger partial charge in [0.25, 0.3) is 5.56 Å². The summed E-state index contributed by atoms with van der Waals surface area (Å²) in [5, 5.41) is 3.04. The first kappa shape index (κ1) is 21.1. The first-order valence-electron chi connectivity index (χ1n) is 9.97. The van der Waals surface area contributed by atoms with Crippen LogP contribution in [0.25, 0.3) is 6.08 Å². The number of methoxy groups -OCH3 is 2. The van der Waals surface area contributed by atoms with Crippen LogP contribution in [0.4, 0.5) is 0 Å². The van der Waals surface area contributed by atoms with Crippen molar-refractivity contribution in [1.29, 1.82) is 0 Å². The van der Waals surface area contributed by atoms with Crippen molar-refractivity contribution in [2.45, 2.75) is 52.3 Å². The highest BCUT2D eigenvalue weighted by Gasteiger charge is 2.51. The van der Waals surface area contributed by atoms with Crippen LogP contribution < -0.4 is 15.6 Å². The molecule has 1 aromatic rings. The lowest BCUT2D eigenvalue weighted by atomic mass is 9.85. The minimum absolute atomic E-state index is 0.0767. The van der Waals surface area contributed by atoms with Crippen molar-refractivity contribution < 1.29 is 19.0 Å². The maximum absolute atomic E-state index is 13.6. The molecule has 1 aromatic heterocycles. The molecule has 0 saturated heterocycles. The fraction of sp³-hybridized carbons (Fsp3) is 0.571. The average Bonchev–Trinajstić information content (AvgIpc) is 2.91. The molecule has 0 bridgehead atoms. The van der Waals surface area contributed by atoms with Crippen molar-refractivity contribution >= 4 is 12.0 Å². The van der Waals surface area contributed by atoms with E-state index in [2.05, 4.69) is 5.32 Å². The number of allylic oxidation sites excluding steroid dienone is 1. The van der Waals surface area contributed by atoms with Gasteiger partial charge in [-0.3, -0.25) is 14.2 Å². The average molecular weight is 403 g/mol. The molecule has 1 amide bonds. The fourth-order valence-corrected chi connectivity index (χ4v) is 4.23.